The van der Waals surface area contributed by atoms with Gasteiger partial charge in [0.05, 0.1) is 12.0 Å². The third-order valence-electron chi connectivity index (χ3n) is 3.31. The molecule has 0 aliphatic carbocycles. The summed E-state index contributed by atoms with van der Waals surface area (Å²) in [4.78, 5) is 26.7. The van der Waals surface area contributed by atoms with E-state index < -0.39 is 11.4 Å². The zero-order valence-corrected chi connectivity index (χ0v) is 11.1. The summed E-state index contributed by atoms with van der Waals surface area (Å²) in [7, 11) is 0. The summed E-state index contributed by atoms with van der Waals surface area (Å²) in [5, 5.41) is 17.8. The van der Waals surface area contributed by atoms with E-state index in [1.54, 1.807) is 18.7 Å². The van der Waals surface area contributed by atoms with Gasteiger partial charge in [0.1, 0.15) is 0 Å². The van der Waals surface area contributed by atoms with E-state index in [2.05, 4.69) is 4.90 Å². The van der Waals surface area contributed by atoms with Crippen molar-refractivity contribution < 1.29 is 19.8 Å². The van der Waals surface area contributed by atoms with Crippen LogP contribution in [0.3, 0.4) is 0 Å². The second-order valence-corrected chi connectivity index (χ2v) is 5.31. The fraction of sp³-hybridized carbons (Fsp3) is 0.833. The van der Waals surface area contributed by atoms with E-state index in [1.807, 2.05) is 0 Å². The van der Waals surface area contributed by atoms with Gasteiger partial charge in [-0.15, -0.1) is 0 Å². The fourth-order valence-electron chi connectivity index (χ4n) is 1.93. The molecule has 2 N–H and O–H groups in total. The summed E-state index contributed by atoms with van der Waals surface area (Å²) >= 11 is 0. The average Bonchev–Trinajstić information content (AvgIpc) is 2.29. The maximum Gasteiger partial charge on any atom is 0.309 e. The Hall–Kier alpha value is -1.14. The minimum Gasteiger partial charge on any atom is -0.481 e. The summed E-state index contributed by atoms with van der Waals surface area (Å²) in [5.74, 6) is -1.05. The lowest BCUT2D eigenvalue weighted by molar-refractivity contribution is -0.152. The molecule has 6 heteroatoms. The number of carboxylic acids is 1. The van der Waals surface area contributed by atoms with Crippen LogP contribution in [0.2, 0.25) is 0 Å². The van der Waals surface area contributed by atoms with Gasteiger partial charge in [0.2, 0.25) is 5.91 Å². The molecule has 1 aliphatic heterocycles. The highest BCUT2D eigenvalue weighted by molar-refractivity contribution is 5.84. The molecule has 6 nitrogen and oxygen atoms in total. The van der Waals surface area contributed by atoms with Gasteiger partial charge in [-0.05, 0) is 13.8 Å². The van der Waals surface area contributed by atoms with Crippen LogP contribution < -0.4 is 0 Å². The van der Waals surface area contributed by atoms with E-state index in [1.165, 1.54) is 0 Å². The van der Waals surface area contributed by atoms with E-state index >= 15 is 0 Å². The smallest absolute Gasteiger partial charge is 0.309 e. The first-order valence-corrected chi connectivity index (χ1v) is 6.21. The van der Waals surface area contributed by atoms with Gasteiger partial charge in [-0.3, -0.25) is 14.5 Å². The second kappa shape index (κ2) is 6.15. The van der Waals surface area contributed by atoms with Crippen molar-refractivity contribution in [1.82, 2.24) is 9.80 Å². The number of aliphatic hydroxyl groups is 1. The zero-order chi connectivity index (χ0) is 13.8. The van der Waals surface area contributed by atoms with Crippen LogP contribution in [0, 0.1) is 5.41 Å². The summed E-state index contributed by atoms with van der Waals surface area (Å²) < 4.78 is 0. The Morgan fingerprint density at radius 3 is 2.17 bits per heavy atom. The molecule has 0 spiro atoms. The largest absolute Gasteiger partial charge is 0.481 e. The van der Waals surface area contributed by atoms with Crippen molar-refractivity contribution in [1.29, 1.82) is 0 Å². The molecule has 1 rings (SSSR count). The SMILES string of the molecule is CC(C)(CC(=O)N1CCN(CCO)CC1)C(=O)O. The maximum absolute atomic E-state index is 12.0. The molecular weight excluding hydrogens is 236 g/mol. The Morgan fingerprint density at radius 1 is 1.17 bits per heavy atom. The van der Waals surface area contributed by atoms with Crippen molar-refractivity contribution >= 4 is 11.9 Å². The number of rotatable bonds is 5. The highest BCUT2D eigenvalue weighted by Crippen LogP contribution is 2.22. The number of β-amino-alcohol motifs (C(OH)–C–C–N with tert-alkyl or cyclic N) is 1. The first-order valence-electron chi connectivity index (χ1n) is 6.21. The molecule has 0 unspecified atom stereocenters. The minimum absolute atomic E-state index is 0.0301. The normalized spacial score (nSPS) is 17.8. The van der Waals surface area contributed by atoms with Crippen molar-refractivity contribution in [2.24, 2.45) is 5.41 Å². The molecule has 1 amide bonds. The number of carboxylic acid groups (broad SMARTS) is 1. The molecule has 0 bridgehead atoms. The second-order valence-electron chi connectivity index (χ2n) is 5.31. The number of amides is 1. The monoisotopic (exact) mass is 258 g/mol. The lowest BCUT2D eigenvalue weighted by Crippen LogP contribution is -2.50. The molecule has 0 aromatic carbocycles. The number of piperazine rings is 1. The summed E-state index contributed by atoms with van der Waals surface area (Å²) in [6.07, 6.45) is 0.0301. The minimum atomic E-state index is -1.01. The van der Waals surface area contributed by atoms with Crippen LogP contribution in [0.15, 0.2) is 0 Å². The van der Waals surface area contributed by atoms with Crippen molar-refractivity contribution in [3.63, 3.8) is 0 Å². The number of aliphatic hydroxyl groups excluding tert-OH is 1. The lowest BCUT2D eigenvalue weighted by atomic mass is 9.89. The molecule has 1 heterocycles. The quantitative estimate of drug-likeness (QED) is 0.703. The number of nitrogens with zero attached hydrogens (tertiary/aromatic N) is 2. The van der Waals surface area contributed by atoms with Crippen molar-refractivity contribution in [3.8, 4) is 0 Å². The molecule has 0 saturated carbocycles. The molecule has 1 fully saturated rings. The number of hydrogen-bond donors (Lipinski definition) is 2. The van der Waals surface area contributed by atoms with Gasteiger partial charge in [0.25, 0.3) is 0 Å². The topological polar surface area (TPSA) is 81.1 Å². The van der Waals surface area contributed by atoms with Gasteiger partial charge in [0.15, 0.2) is 0 Å². The highest BCUT2D eigenvalue weighted by Gasteiger charge is 2.32. The number of hydrogen-bond acceptors (Lipinski definition) is 4. The van der Waals surface area contributed by atoms with Crippen molar-refractivity contribution in [2.75, 3.05) is 39.3 Å². The molecule has 1 saturated heterocycles. The molecule has 1 aliphatic rings. The van der Waals surface area contributed by atoms with E-state index in [9.17, 15) is 9.59 Å². The van der Waals surface area contributed by atoms with Crippen LogP contribution in [0.5, 0.6) is 0 Å². The first kappa shape index (κ1) is 14.9. The summed E-state index contributed by atoms with van der Waals surface area (Å²) in [6, 6.07) is 0. The number of carbonyl (C=O) groups is 2. The van der Waals surface area contributed by atoms with Gasteiger partial charge >= 0.3 is 5.97 Å². The Balaban J connectivity index is 2.43. The van der Waals surface area contributed by atoms with Gasteiger partial charge in [-0.2, -0.15) is 0 Å². The van der Waals surface area contributed by atoms with Crippen molar-refractivity contribution in [2.45, 2.75) is 20.3 Å². The highest BCUT2D eigenvalue weighted by atomic mass is 16.4. The van der Waals surface area contributed by atoms with Crippen LogP contribution in [-0.4, -0.2) is 71.2 Å². The average molecular weight is 258 g/mol. The Bertz CT molecular complexity index is 309. The lowest BCUT2D eigenvalue weighted by Gasteiger charge is -2.35. The maximum atomic E-state index is 12.0. The molecule has 0 aromatic rings. The van der Waals surface area contributed by atoms with Crippen LogP contribution in [0.1, 0.15) is 20.3 Å². The zero-order valence-electron chi connectivity index (χ0n) is 11.1. The van der Waals surface area contributed by atoms with Crippen molar-refractivity contribution in [3.05, 3.63) is 0 Å². The number of aliphatic carboxylic acids is 1. The van der Waals surface area contributed by atoms with Crippen LogP contribution in [-0.2, 0) is 9.59 Å². The van der Waals surface area contributed by atoms with Gasteiger partial charge in [-0.25, -0.2) is 0 Å². The van der Waals surface area contributed by atoms with Gasteiger partial charge in [-0.1, -0.05) is 0 Å². The van der Waals surface area contributed by atoms with E-state index in [4.69, 9.17) is 10.2 Å². The third-order valence-corrected chi connectivity index (χ3v) is 3.31. The van der Waals surface area contributed by atoms with E-state index in [0.29, 0.717) is 19.6 Å². The predicted octanol–water partition coefficient (Wildman–Crippen LogP) is -0.376. The van der Waals surface area contributed by atoms with Gasteiger partial charge in [0, 0.05) is 39.1 Å². The fourth-order valence-corrected chi connectivity index (χ4v) is 1.93. The Kier molecular flexibility index (Phi) is 5.10. The van der Waals surface area contributed by atoms with Gasteiger partial charge < -0.3 is 15.1 Å². The molecule has 0 radical (unpaired) electrons. The molecule has 104 valence electrons. The summed E-state index contributed by atoms with van der Waals surface area (Å²) in [5.41, 5.74) is -1.01. The standard InChI is InChI=1S/C12H22N2O4/c1-12(2,11(17)18)9-10(16)14-5-3-13(4-6-14)7-8-15/h15H,3-9H2,1-2H3,(H,17,18). The Labute approximate surface area is 107 Å². The van der Waals surface area contributed by atoms with Crippen LogP contribution >= 0.6 is 0 Å². The van der Waals surface area contributed by atoms with Crippen LogP contribution in [0.25, 0.3) is 0 Å². The summed E-state index contributed by atoms with van der Waals surface area (Å²) in [6.45, 7) is 6.57. The number of carbonyl (C=O) groups excluding carboxylic acids is 1. The first-order chi connectivity index (χ1) is 8.36. The van der Waals surface area contributed by atoms with E-state index in [0.717, 1.165) is 13.1 Å². The molecule has 0 aromatic heterocycles. The Morgan fingerprint density at radius 2 is 1.72 bits per heavy atom. The van der Waals surface area contributed by atoms with Crippen LogP contribution in [0.4, 0.5) is 0 Å². The van der Waals surface area contributed by atoms with E-state index in [-0.39, 0.29) is 18.9 Å². The third kappa shape index (κ3) is 3.96. The molecule has 18 heavy (non-hydrogen) atoms. The predicted molar refractivity (Wildman–Crippen MR) is 66.1 cm³/mol. The molecule has 0 atom stereocenters. The molecular formula is C12H22N2O4.